The van der Waals surface area contributed by atoms with Crippen molar-refractivity contribution in [1.29, 1.82) is 0 Å². The maximum Gasteiger partial charge on any atom is 0.167 e. The van der Waals surface area contributed by atoms with Gasteiger partial charge < -0.3 is 13.3 Å². The van der Waals surface area contributed by atoms with Gasteiger partial charge in [0.2, 0.25) is 0 Å². The predicted octanol–water partition coefficient (Wildman–Crippen LogP) is 32.8. The molecule has 11 heteroatoms. The second kappa shape index (κ2) is 33.0. The van der Waals surface area contributed by atoms with E-state index >= 15 is 0 Å². The molecule has 0 bridgehead atoms. The molecule has 3 aliphatic carbocycles. The van der Waals surface area contributed by atoms with E-state index in [0.29, 0.717) is 40.8 Å². The summed E-state index contributed by atoms with van der Waals surface area (Å²) < 4.78 is 19.7. The summed E-state index contributed by atoms with van der Waals surface area (Å²) in [6.07, 6.45) is 0. The van der Waals surface area contributed by atoms with Gasteiger partial charge in [-0.15, -0.1) is 0 Å². The highest BCUT2D eigenvalue weighted by Crippen LogP contribution is 2.54. The van der Waals surface area contributed by atoms with Crippen molar-refractivity contribution in [1.82, 2.24) is 39.9 Å². The van der Waals surface area contributed by atoms with Crippen molar-refractivity contribution in [3.05, 3.63) is 458 Å². The van der Waals surface area contributed by atoms with E-state index in [9.17, 15) is 0 Å². The van der Waals surface area contributed by atoms with Gasteiger partial charge in [-0.3, -0.25) is 0 Å². The van der Waals surface area contributed by atoms with E-state index in [0.717, 1.165) is 144 Å². The van der Waals surface area contributed by atoms with Crippen LogP contribution in [0, 0.1) is 0 Å². The summed E-state index contributed by atoms with van der Waals surface area (Å²) in [5.74, 6) is 4.40. The molecular weight excluding hydrogens is 1690 g/mol. The Morgan fingerprint density at radius 3 is 0.797 bits per heavy atom. The summed E-state index contributed by atoms with van der Waals surface area (Å²) in [5, 5.41) is 6.21. The zero-order valence-electron chi connectivity index (χ0n) is 76.7. The van der Waals surface area contributed by atoms with Crippen LogP contribution in [0.4, 0.5) is 0 Å². The van der Waals surface area contributed by atoms with Crippen molar-refractivity contribution < 1.29 is 13.3 Å². The van der Waals surface area contributed by atoms with E-state index in [4.69, 9.17) is 53.1 Å². The van der Waals surface area contributed by atoms with Crippen LogP contribution in [0.5, 0.6) is 0 Å². The molecule has 27 rings (SSSR count). The van der Waals surface area contributed by atoms with E-state index in [2.05, 4.69) is 278 Å². The fraction of sp³-hybridized carbons (Fsp3) is 0.0709. The summed E-state index contributed by atoms with van der Waals surface area (Å²) in [5.41, 5.74) is 38.2. The Morgan fingerprint density at radius 1 is 0.159 bits per heavy atom. The van der Waals surface area contributed by atoms with Gasteiger partial charge in [0.1, 0.15) is 33.5 Å². The zero-order chi connectivity index (χ0) is 92.5. The Hall–Kier alpha value is -17.5. The molecule has 0 radical (unpaired) electrons. The number of fused-ring (bicyclic) bond motifs is 18. The molecule has 0 saturated heterocycles. The van der Waals surface area contributed by atoms with Crippen LogP contribution in [0.25, 0.3) is 235 Å². The topological polar surface area (TPSA) is 143 Å². The monoisotopic (exact) mass is 1770 g/mol. The minimum atomic E-state index is -0.0535. The molecule has 0 fully saturated rings. The molecule has 0 saturated carbocycles. The van der Waals surface area contributed by atoms with Crippen molar-refractivity contribution in [3.63, 3.8) is 0 Å². The van der Waals surface area contributed by atoms with Crippen molar-refractivity contribution in [2.75, 3.05) is 0 Å². The van der Waals surface area contributed by atoms with E-state index in [1.807, 2.05) is 188 Å². The SMILES string of the molecule is CC1(C)c2ccccc2-c2ccc(-c3ccc4c(c3)oc3c(-c5nc(-c6ccccc6)nc(-c6ccccc6)n5)cccc34)cc21.CC1(C)c2ccccc2-c2ccc(-c3ccc4c(c3)oc3cccc(-c5nc(-c6ccccc6)cc(-c6ccccc6)n5)c34)cc21.CC1(C)c2ccccc2-c2ccc(-c3ccc4c(c3)oc3cccc(-c5nc(-c6ccccc6)nc(-c6ccccc6)n5)c34)cc21. The molecule has 24 aromatic rings. The number of rotatable bonds is 12. The molecule has 0 unspecified atom stereocenters. The van der Waals surface area contributed by atoms with E-state index in [-0.39, 0.29) is 16.2 Å². The van der Waals surface area contributed by atoms with Crippen molar-refractivity contribution in [2.24, 2.45) is 0 Å². The lowest BCUT2D eigenvalue weighted by Gasteiger charge is -2.22. The number of nitrogens with zero attached hydrogens (tertiary/aromatic N) is 8. The quantitative estimate of drug-likeness (QED) is 0.115. The van der Waals surface area contributed by atoms with Gasteiger partial charge in [0.05, 0.1) is 17.0 Å². The molecule has 0 amide bonds. The molecule has 0 spiro atoms. The second-order valence-electron chi connectivity index (χ2n) is 37.5. The summed E-state index contributed by atoms with van der Waals surface area (Å²) in [4.78, 5) is 39.9. The van der Waals surface area contributed by atoms with E-state index in [1.54, 1.807) is 0 Å². The number of para-hydroxylation sites is 1. The second-order valence-corrected chi connectivity index (χ2v) is 37.5. The highest BCUT2D eigenvalue weighted by molar-refractivity contribution is 6.15. The molecule has 6 heterocycles. The minimum Gasteiger partial charge on any atom is -0.456 e. The number of benzene rings is 18. The van der Waals surface area contributed by atoms with Gasteiger partial charge in [-0.1, -0.05) is 387 Å². The van der Waals surface area contributed by atoms with Crippen molar-refractivity contribution >= 4 is 65.8 Å². The van der Waals surface area contributed by atoms with E-state index in [1.165, 1.54) is 83.5 Å². The summed E-state index contributed by atoms with van der Waals surface area (Å²) >= 11 is 0. The molecule has 0 N–H and O–H groups in total. The molecule has 0 aliphatic heterocycles. The Kier molecular flexibility index (Phi) is 19.7. The van der Waals surface area contributed by atoms with Crippen LogP contribution < -0.4 is 0 Å². The highest BCUT2D eigenvalue weighted by Gasteiger charge is 2.39. The van der Waals surface area contributed by atoms with Gasteiger partial charge in [0.25, 0.3) is 0 Å². The first-order chi connectivity index (χ1) is 67.6. The minimum absolute atomic E-state index is 0.0484. The molecule has 654 valence electrons. The average molecular weight is 1770 g/mol. The lowest BCUT2D eigenvalue weighted by Crippen LogP contribution is -2.14. The van der Waals surface area contributed by atoms with Crippen LogP contribution in [-0.2, 0) is 16.2 Å². The maximum absolute atomic E-state index is 6.68. The largest absolute Gasteiger partial charge is 0.456 e. The first kappa shape index (κ1) is 82.4. The molecule has 11 nitrogen and oxygen atoms in total. The van der Waals surface area contributed by atoms with E-state index < -0.39 is 0 Å². The molecule has 18 aromatic carbocycles. The third-order valence-corrected chi connectivity index (χ3v) is 28.2. The molecule has 138 heavy (non-hydrogen) atoms. The summed E-state index contributed by atoms with van der Waals surface area (Å²) in [6.45, 7) is 13.9. The van der Waals surface area contributed by atoms with Gasteiger partial charge in [-0.05, 0) is 179 Å². The van der Waals surface area contributed by atoms with Crippen LogP contribution in [0.3, 0.4) is 0 Å². The van der Waals surface area contributed by atoms with Crippen molar-refractivity contribution in [3.8, 4) is 169 Å². The number of hydrogen-bond donors (Lipinski definition) is 0. The molecular formula is C127H88N8O3. The summed E-state index contributed by atoms with van der Waals surface area (Å²) in [7, 11) is 0. The smallest absolute Gasteiger partial charge is 0.167 e. The number of hydrogen-bond acceptors (Lipinski definition) is 11. The zero-order valence-corrected chi connectivity index (χ0v) is 76.7. The van der Waals surface area contributed by atoms with Crippen LogP contribution in [0.15, 0.2) is 438 Å². The maximum atomic E-state index is 6.68. The fourth-order valence-electron chi connectivity index (χ4n) is 21.1. The van der Waals surface area contributed by atoms with Gasteiger partial charge in [-0.25, -0.2) is 39.9 Å². The summed E-state index contributed by atoms with van der Waals surface area (Å²) in [6, 6.07) is 148. The van der Waals surface area contributed by atoms with Gasteiger partial charge in [-0.2, -0.15) is 0 Å². The van der Waals surface area contributed by atoms with Crippen LogP contribution >= 0.6 is 0 Å². The predicted molar refractivity (Wildman–Crippen MR) is 561 cm³/mol. The third-order valence-electron chi connectivity index (χ3n) is 28.2. The van der Waals surface area contributed by atoms with Crippen molar-refractivity contribution in [2.45, 2.75) is 57.8 Å². The number of aromatic nitrogens is 8. The van der Waals surface area contributed by atoms with Gasteiger partial charge >= 0.3 is 0 Å². The Labute approximate surface area is 798 Å². The first-order valence-electron chi connectivity index (χ1n) is 47.0. The van der Waals surface area contributed by atoms with Gasteiger partial charge in [0, 0.05) is 93.1 Å². The first-order valence-corrected chi connectivity index (χ1v) is 47.0. The van der Waals surface area contributed by atoms with Crippen LogP contribution in [0.2, 0.25) is 0 Å². The lowest BCUT2D eigenvalue weighted by molar-refractivity contribution is 0.660. The molecule has 6 aromatic heterocycles. The average Bonchev–Trinajstić information content (AvgIpc) is 1.58. The van der Waals surface area contributed by atoms with Crippen LogP contribution in [-0.4, -0.2) is 39.9 Å². The fourth-order valence-corrected chi connectivity index (χ4v) is 21.1. The lowest BCUT2D eigenvalue weighted by atomic mass is 9.81. The molecule has 3 aliphatic rings. The molecule has 0 atom stereocenters. The highest BCUT2D eigenvalue weighted by atomic mass is 16.3. The Balaban J connectivity index is 0.000000110. The Bertz CT molecular complexity index is 8300. The van der Waals surface area contributed by atoms with Crippen LogP contribution in [0.1, 0.15) is 74.9 Å². The normalized spacial score (nSPS) is 13.2. The Morgan fingerprint density at radius 2 is 0.428 bits per heavy atom. The van der Waals surface area contributed by atoms with Gasteiger partial charge in [0.15, 0.2) is 40.8 Å². The third kappa shape index (κ3) is 14.2. The number of furan rings is 3. The standard InChI is InChI=1S/C43H30N2O.2C42H29N3O/c1-43(2)35-18-10-9-16-31(35)32-22-20-29(24-36(32)43)30-21-23-33-40(25-30)46-39-19-11-17-34(41(33)39)42-44-37(27-12-5-3-6-13-27)26-38(45-42)28-14-7-4-8-15-28;1-42(2)35-19-10-9-16-30(35)31-22-20-28(24-36(31)42)29-21-23-32-33-17-11-18-34(38(33)46-37(32)25-29)41-44-39(26-12-5-3-6-13-26)43-40(45-41)27-14-7-4-8-15-27;1-42(2)34-18-10-9-16-30(34)31-22-20-28(24-35(31)42)29-21-23-32-37(25-29)46-36-19-11-17-33(38(32)36)41-44-39(26-12-5-3-6-13-26)43-40(45-41)27-14-7-4-8-15-27/h3-26H,1-2H3;2*3-25H,1-2H3.